The zero-order valence-electron chi connectivity index (χ0n) is 8.18. The molecule has 1 aromatic heterocycles. The van der Waals surface area contributed by atoms with Gasteiger partial charge in [0, 0.05) is 23.7 Å². The molecule has 2 aromatic rings. The molecule has 0 saturated carbocycles. The Labute approximate surface area is 87.4 Å². The second-order valence-corrected chi connectivity index (χ2v) is 3.42. The number of nitrogens with zero attached hydrogens (tertiary/aromatic N) is 1. The van der Waals surface area contributed by atoms with Gasteiger partial charge >= 0.3 is 5.97 Å². The van der Waals surface area contributed by atoms with Crippen molar-refractivity contribution in [2.75, 3.05) is 0 Å². The minimum Gasteiger partial charge on any atom is -0.481 e. The van der Waals surface area contributed by atoms with E-state index in [-0.39, 0.29) is 6.42 Å². The molecular formula is C12H11NO2. The highest BCUT2D eigenvalue weighted by Gasteiger charge is 2.01. The lowest BCUT2D eigenvalue weighted by Crippen LogP contribution is -1.98. The number of carboxylic acids is 1. The molecule has 0 atom stereocenters. The third-order valence-corrected chi connectivity index (χ3v) is 2.28. The standard InChI is InChI=1S/C12H11NO2/c14-12(15)6-5-11-7-9-3-1-2-4-10(9)8-13-11/h1-4,7-8H,5-6H2,(H,14,15). The van der Waals surface area contributed by atoms with E-state index in [1.165, 1.54) is 0 Å². The van der Waals surface area contributed by atoms with E-state index in [1.807, 2.05) is 30.3 Å². The van der Waals surface area contributed by atoms with Crippen molar-refractivity contribution >= 4 is 16.7 Å². The largest absolute Gasteiger partial charge is 0.481 e. The van der Waals surface area contributed by atoms with Crippen molar-refractivity contribution in [3.05, 3.63) is 42.2 Å². The zero-order chi connectivity index (χ0) is 10.7. The molecule has 0 saturated heterocycles. The highest BCUT2D eigenvalue weighted by atomic mass is 16.4. The third-order valence-electron chi connectivity index (χ3n) is 2.28. The van der Waals surface area contributed by atoms with Gasteiger partial charge in [0.25, 0.3) is 0 Å². The van der Waals surface area contributed by atoms with Gasteiger partial charge < -0.3 is 5.11 Å². The van der Waals surface area contributed by atoms with Crippen LogP contribution in [0.2, 0.25) is 0 Å². The number of aryl methyl sites for hydroxylation is 1. The summed E-state index contributed by atoms with van der Waals surface area (Å²) in [6.45, 7) is 0. The highest BCUT2D eigenvalue weighted by molar-refractivity contribution is 5.81. The fourth-order valence-corrected chi connectivity index (χ4v) is 1.50. The summed E-state index contributed by atoms with van der Waals surface area (Å²) in [6, 6.07) is 9.85. The first-order chi connectivity index (χ1) is 7.25. The molecule has 1 aromatic carbocycles. The minimum absolute atomic E-state index is 0.130. The predicted molar refractivity (Wildman–Crippen MR) is 57.7 cm³/mol. The maximum Gasteiger partial charge on any atom is 0.303 e. The van der Waals surface area contributed by atoms with Crippen LogP contribution in [-0.2, 0) is 11.2 Å². The van der Waals surface area contributed by atoms with Crippen molar-refractivity contribution in [1.29, 1.82) is 0 Å². The van der Waals surface area contributed by atoms with Gasteiger partial charge in [-0.3, -0.25) is 9.78 Å². The number of hydrogen-bond acceptors (Lipinski definition) is 2. The fourth-order valence-electron chi connectivity index (χ4n) is 1.50. The molecule has 76 valence electrons. The molecule has 0 aliphatic rings. The lowest BCUT2D eigenvalue weighted by Gasteiger charge is -2.00. The van der Waals surface area contributed by atoms with Gasteiger partial charge in [0.1, 0.15) is 0 Å². The molecule has 0 aliphatic carbocycles. The van der Waals surface area contributed by atoms with Crippen molar-refractivity contribution < 1.29 is 9.90 Å². The van der Waals surface area contributed by atoms with Gasteiger partial charge in [-0.05, 0) is 11.5 Å². The fraction of sp³-hybridized carbons (Fsp3) is 0.167. The normalized spacial score (nSPS) is 10.4. The van der Waals surface area contributed by atoms with E-state index in [0.717, 1.165) is 16.5 Å². The second kappa shape index (κ2) is 4.09. The lowest BCUT2D eigenvalue weighted by atomic mass is 10.1. The van der Waals surface area contributed by atoms with Crippen LogP contribution in [0, 0.1) is 0 Å². The number of hydrogen-bond donors (Lipinski definition) is 1. The van der Waals surface area contributed by atoms with Crippen LogP contribution in [0.3, 0.4) is 0 Å². The maximum absolute atomic E-state index is 10.4. The Morgan fingerprint density at radius 2 is 2.00 bits per heavy atom. The number of fused-ring (bicyclic) bond motifs is 1. The van der Waals surface area contributed by atoms with E-state index >= 15 is 0 Å². The van der Waals surface area contributed by atoms with Gasteiger partial charge in [-0.15, -0.1) is 0 Å². The number of carbonyl (C=O) groups is 1. The van der Waals surface area contributed by atoms with Crippen molar-refractivity contribution in [2.24, 2.45) is 0 Å². The number of pyridine rings is 1. The zero-order valence-corrected chi connectivity index (χ0v) is 8.18. The summed E-state index contributed by atoms with van der Waals surface area (Å²) >= 11 is 0. The quantitative estimate of drug-likeness (QED) is 0.828. The predicted octanol–water partition coefficient (Wildman–Crippen LogP) is 2.25. The molecule has 0 unspecified atom stereocenters. The van der Waals surface area contributed by atoms with Crippen LogP contribution in [0.1, 0.15) is 12.1 Å². The van der Waals surface area contributed by atoms with E-state index in [0.29, 0.717) is 6.42 Å². The summed E-state index contributed by atoms with van der Waals surface area (Å²) in [6.07, 6.45) is 2.40. The van der Waals surface area contributed by atoms with Crippen molar-refractivity contribution in [3.8, 4) is 0 Å². The summed E-state index contributed by atoms with van der Waals surface area (Å²) in [5, 5.41) is 10.7. The van der Waals surface area contributed by atoms with E-state index in [4.69, 9.17) is 5.11 Å². The first-order valence-electron chi connectivity index (χ1n) is 4.81. The molecule has 1 heterocycles. The van der Waals surface area contributed by atoms with Crippen LogP contribution in [0.4, 0.5) is 0 Å². The molecule has 0 spiro atoms. The number of benzene rings is 1. The van der Waals surface area contributed by atoms with Gasteiger partial charge in [0.15, 0.2) is 0 Å². The molecule has 0 fully saturated rings. The Bertz CT molecular complexity index is 494. The monoisotopic (exact) mass is 201 g/mol. The summed E-state index contributed by atoms with van der Waals surface area (Å²) in [5.74, 6) is -0.787. The topological polar surface area (TPSA) is 50.2 Å². The van der Waals surface area contributed by atoms with Gasteiger partial charge in [-0.25, -0.2) is 0 Å². The minimum atomic E-state index is -0.787. The summed E-state index contributed by atoms with van der Waals surface area (Å²) in [5.41, 5.74) is 0.830. The molecule has 0 bridgehead atoms. The molecular weight excluding hydrogens is 190 g/mol. The lowest BCUT2D eigenvalue weighted by molar-refractivity contribution is -0.136. The van der Waals surface area contributed by atoms with Crippen LogP contribution in [0.5, 0.6) is 0 Å². The first-order valence-corrected chi connectivity index (χ1v) is 4.81. The van der Waals surface area contributed by atoms with E-state index in [9.17, 15) is 4.79 Å². The van der Waals surface area contributed by atoms with E-state index in [1.54, 1.807) is 6.20 Å². The van der Waals surface area contributed by atoms with Crippen LogP contribution in [0.25, 0.3) is 10.8 Å². The van der Waals surface area contributed by atoms with E-state index in [2.05, 4.69) is 4.98 Å². The highest BCUT2D eigenvalue weighted by Crippen LogP contribution is 2.13. The summed E-state index contributed by atoms with van der Waals surface area (Å²) < 4.78 is 0. The Hall–Kier alpha value is -1.90. The van der Waals surface area contributed by atoms with E-state index < -0.39 is 5.97 Å². The second-order valence-electron chi connectivity index (χ2n) is 3.42. The molecule has 0 amide bonds. The Balaban J connectivity index is 2.26. The molecule has 15 heavy (non-hydrogen) atoms. The number of aliphatic carboxylic acids is 1. The average Bonchev–Trinajstić information content (AvgIpc) is 2.26. The first kappa shape index (κ1) is 9.65. The Morgan fingerprint density at radius 3 is 2.73 bits per heavy atom. The van der Waals surface area contributed by atoms with Crippen molar-refractivity contribution in [3.63, 3.8) is 0 Å². The SMILES string of the molecule is O=C(O)CCc1cc2ccccc2cn1. The van der Waals surface area contributed by atoms with Gasteiger partial charge in [-0.1, -0.05) is 24.3 Å². The van der Waals surface area contributed by atoms with Crippen molar-refractivity contribution in [1.82, 2.24) is 4.98 Å². The molecule has 2 rings (SSSR count). The average molecular weight is 201 g/mol. The molecule has 1 N–H and O–H groups in total. The Morgan fingerprint density at radius 1 is 1.27 bits per heavy atom. The van der Waals surface area contributed by atoms with Crippen LogP contribution < -0.4 is 0 Å². The molecule has 3 nitrogen and oxygen atoms in total. The Kier molecular flexibility index (Phi) is 2.63. The number of aromatic nitrogens is 1. The maximum atomic E-state index is 10.4. The number of carboxylic acid groups (broad SMARTS) is 1. The van der Waals surface area contributed by atoms with Crippen LogP contribution in [0.15, 0.2) is 36.5 Å². The van der Waals surface area contributed by atoms with Gasteiger partial charge in [0.2, 0.25) is 0 Å². The van der Waals surface area contributed by atoms with Crippen LogP contribution in [-0.4, -0.2) is 16.1 Å². The van der Waals surface area contributed by atoms with Gasteiger partial charge in [-0.2, -0.15) is 0 Å². The molecule has 0 aliphatic heterocycles. The third kappa shape index (κ3) is 2.31. The summed E-state index contributed by atoms with van der Waals surface area (Å²) in [7, 11) is 0. The van der Waals surface area contributed by atoms with Crippen LogP contribution >= 0.6 is 0 Å². The van der Waals surface area contributed by atoms with Gasteiger partial charge in [0.05, 0.1) is 6.42 Å². The molecule has 3 heteroatoms. The molecule has 0 radical (unpaired) electrons. The smallest absolute Gasteiger partial charge is 0.303 e. The summed E-state index contributed by atoms with van der Waals surface area (Å²) in [4.78, 5) is 14.6. The number of rotatable bonds is 3. The van der Waals surface area contributed by atoms with Crippen molar-refractivity contribution in [2.45, 2.75) is 12.8 Å².